The van der Waals surface area contributed by atoms with Gasteiger partial charge in [-0.25, -0.2) is 0 Å². The van der Waals surface area contributed by atoms with E-state index in [1.54, 1.807) is 81.1 Å². The van der Waals surface area contributed by atoms with E-state index in [4.69, 9.17) is 9.47 Å². The Labute approximate surface area is 405 Å². The van der Waals surface area contributed by atoms with Crippen molar-refractivity contribution in [1.82, 2.24) is 31.1 Å². The van der Waals surface area contributed by atoms with Crippen molar-refractivity contribution in [2.24, 2.45) is 0 Å². The van der Waals surface area contributed by atoms with E-state index in [2.05, 4.69) is 21.3 Å². The highest BCUT2D eigenvalue weighted by molar-refractivity contribution is 5.99. The molecule has 2 fully saturated rings. The number of carbonyl (C=O) groups is 9. The van der Waals surface area contributed by atoms with E-state index in [0.29, 0.717) is 64.6 Å². The molecule has 0 bridgehead atoms. The van der Waals surface area contributed by atoms with E-state index in [-0.39, 0.29) is 67.9 Å². The van der Waals surface area contributed by atoms with Gasteiger partial charge in [0.15, 0.2) is 23.1 Å². The van der Waals surface area contributed by atoms with Crippen LogP contribution in [-0.4, -0.2) is 152 Å². The second kappa shape index (κ2) is 25.6. The van der Waals surface area contributed by atoms with Crippen molar-refractivity contribution in [3.05, 3.63) is 0 Å². The number of rotatable bonds is 30. The minimum atomic E-state index is -1.46. The smallest absolute Gasteiger partial charge is 0.320 e. The molecule has 18 heteroatoms. The van der Waals surface area contributed by atoms with Crippen LogP contribution in [0, 0.1) is 0 Å². The van der Waals surface area contributed by atoms with Crippen molar-refractivity contribution >= 4 is 52.9 Å². The van der Waals surface area contributed by atoms with Gasteiger partial charge in [-0.2, -0.15) is 0 Å². The maximum absolute atomic E-state index is 14.4. The van der Waals surface area contributed by atoms with Gasteiger partial charge in [0.2, 0.25) is 11.8 Å². The van der Waals surface area contributed by atoms with Crippen LogP contribution in [0.25, 0.3) is 0 Å². The number of hydrogen-bond donors (Lipinski definition) is 5. The molecule has 0 aromatic rings. The molecule has 0 saturated carbocycles. The zero-order valence-corrected chi connectivity index (χ0v) is 43.7. The monoisotopic (exact) mass is 963 g/mol. The number of aliphatic carboxylic acids is 1. The first-order valence-electron chi connectivity index (χ1n) is 24.7. The Morgan fingerprint density at radius 2 is 1.03 bits per heavy atom. The van der Waals surface area contributed by atoms with E-state index in [0.717, 1.165) is 6.42 Å². The molecule has 0 spiro atoms. The summed E-state index contributed by atoms with van der Waals surface area (Å²) >= 11 is 0. The third kappa shape index (κ3) is 18.3. The molecule has 2 aliphatic rings. The van der Waals surface area contributed by atoms with E-state index in [1.807, 2.05) is 6.92 Å². The number of nitrogens with one attached hydrogen (secondary N) is 4. The number of esters is 2. The van der Waals surface area contributed by atoms with Gasteiger partial charge in [-0.15, -0.1) is 0 Å². The Hall–Kier alpha value is -4.13. The first-order valence-corrected chi connectivity index (χ1v) is 24.7. The lowest BCUT2D eigenvalue weighted by Gasteiger charge is -2.38. The molecule has 68 heavy (non-hydrogen) atoms. The summed E-state index contributed by atoms with van der Waals surface area (Å²) in [5.74, 6) is -3.85. The Morgan fingerprint density at radius 3 is 1.46 bits per heavy atom. The van der Waals surface area contributed by atoms with Gasteiger partial charge in [0, 0.05) is 39.8 Å². The van der Waals surface area contributed by atoms with Crippen LogP contribution in [0.4, 0.5) is 0 Å². The minimum absolute atomic E-state index is 0.0409. The van der Waals surface area contributed by atoms with Gasteiger partial charge in [-0.05, 0) is 140 Å². The van der Waals surface area contributed by atoms with Crippen LogP contribution in [0.3, 0.4) is 0 Å². The maximum Gasteiger partial charge on any atom is 0.320 e. The van der Waals surface area contributed by atoms with Crippen molar-refractivity contribution in [2.75, 3.05) is 26.2 Å². The molecule has 388 valence electrons. The van der Waals surface area contributed by atoms with Crippen molar-refractivity contribution in [3.8, 4) is 0 Å². The molecule has 2 saturated heterocycles. The first-order chi connectivity index (χ1) is 31.3. The third-order valence-corrected chi connectivity index (χ3v) is 12.9. The maximum atomic E-state index is 14.4. The highest BCUT2D eigenvalue weighted by Crippen LogP contribution is 2.27. The summed E-state index contributed by atoms with van der Waals surface area (Å²) in [5, 5.41) is 23.1. The second-order valence-electron chi connectivity index (χ2n) is 21.8. The molecule has 0 aromatic carbocycles. The van der Waals surface area contributed by atoms with Crippen LogP contribution in [0.1, 0.15) is 180 Å². The van der Waals surface area contributed by atoms with Crippen LogP contribution in [0.2, 0.25) is 0 Å². The SMILES string of the molecule is CCCCOC(=O)CCC(NC(C)(C)C(=O)C1CCCN1C(C)=O)C(=O)C(C)(C)NCCCCC(NC(C)(C)C(=O)C(CCC(=O)OC(C)(C)C)NC(C)(C)C(=O)C1CCCN1C(C)=O)C(=O)O. The fraction of sp³-hybridized carbons (Fsp3) is 0.820. The largest absolute Gasteiger partial charge is 0.480 e. The van der Waals surface area contributed by atoms with E-state index >= 15 is 0 Å². The van der Waals surface area contributed by atoms with E-state index < -0.39 is 81.7 Å². The van der Waals surface area contributed by atoms with Crippen molar-refractivity contribution < 1.29 is 57.7 Å². The molecule has 2 aliphatic heterocycles. The third-order valence-electron chi connectivity index (χ3n) is 12.9. The molecule has 0 radical (unpaired) electrons. The fourth-order valence-electron chi connectivity index (χ4n) is 9.13. The molecule has 0 aromatic heterocycles. The van der Waals surface area contributed by atoms with E-state index in [9.17, 15) is 48.3 Å². The Kier molecular flexibility index (Phi) is 22.6. The van der Waals surface area contributed by atoms with Crippen LogP contribution in [0.5, 0.6) is 0 Å². The van der Waals surface area contributed by atoms with Crippen molar-refractivity contribution in [1.29, 1.82) is 0 Å². The van der Waals surface area contributed by atoms with Gasteiger partial charge in [-0.1, -0.05) is 19.8 Å². The number of likely N-dealkylation sites (tertiary alicyclic amines) is 2. The molecule has 5 unspecified atom stereocenters. The average Bonchev–Trinajstić information content (AvgIpc) is 3.93. The summed E-state index contributed by atoms with van der Waals surface area (Å²) in [5.41, 5.74) is -5.92. The highest BCUT2D eigenvalue weighted by Gasteiger charge is 2.46. The predicted octanol–water partition coefficient (Wildman–Crippen LogP) is 4.36. The van der Waals surface area contributed by atoms with Gasteiger partial charge in [0.25, 0.3) is 0 Å². The molecule has 5 N–H and O–H groups in total. The number of hydrogen-bond acceptors (Lipinski definition) is 15. The number of ether oxygens (including phenoxy) is 2. The molecule has 2 amide bonds. The quantitative estimate of drug-likeness (QED) is 0.0496. The van der Waals surface area contributed by atoms with E-state index in [1.165, 1.54) is 18.7 Å². The summed E-state index contributed by atoms with van der Waals surface area (Å²) in [4.78, 5) is 122. The molecule has 18 nitrogen and oxygen atoms in total. The van der Waals surface area contributed by atoms with Crippen LogP contribution in [0.15, 0.2) is 0 Å². The zero-order valence-electron chi connectivity index (χ0n) is 43.7. The first kappa shape index (κ1) is 60.0. The van der Waals surface area contributed by atoms with Crippen LogP contribution >= 0.6 is 0 Å². The zero-order chi connectivity index (χ0) is 52.0. The average molecular weight is 963 g/mol. The van der Waals surface area contributed by atoms with Gasteiger partial charge in [0.1, 0.15) is 11.6 Å². The molecule has 2 rings (SSSR count). The second-order valence-corrected chi connectivity index (χ2v) is 21.8. The normalized spacial score (nSPS) is 18.4. The lowest BCUT2D eigenvalue weighted by atomic mass is 9.85. The van der Waals surface area contributed by atoms with Crippen molar-refractivity contribution in [2.45, 2.75) is 238 Å². The summed E-state index contributed by atoms with van der Waals surface area (Å²) in [7, 11) is 0. The van der Waals surface area contributed by atoms with Gasteiger partial charge >= 0.3 is 17.9 Å². The lowest BCUT2D eigenvalue weighted by Crippen LogP contribution is -2.64. The van der Waals surface area contributed by atoms with Crippen molar-refractivity contribution in [3.63, 3.8) is 0 Å². The molecular weight excluding hydrogens is 877 g/mol. The fourth-order valence-corrected chi connectivity index (χ4v) is 9.13. The number of Topliss-reactive ketones (excluding diaryl/α,β-unsaturated/α-hetero) is 4. The number of nitrogens with zero attached hydrogens (tertiary/aromatic N) is 2. The van der Waals surface area contributed by atoms with Gasteiger partial charge in [-0.3, -0.25) is 59.1 Å². The predicted molar refractivity (Wildman–Crippen MR) is 258 cm³/mol. The molecule has 5 atom stereocenters. The molecule has 2 heterocycles. The Balaban J connectivity index is 2.20. The lowest BCUT2D eigenvalue weighted by molar-refractivity contribution is -0.155. The van der Waals surface area contributed by atoms with Crippen LogP contribution < -0.4 is 21.3 Å². The summed E-state index contributed by atoms with van der Waals surface area (Å²) in [6.07, 6.45) is 4.65. The number of carboxylic acid groups (broad SMARTS) is 1. The Morgan fingerprint density at radius 1 is 0.588 bits per heavy atom. The van der Waals surface area contributed by atoms with Crippen LogP contribution in [-0.2, 0) is 52.6 Å². The number of amides is 2. The molecular formula is C50H86N6O12. The summed E-state index contributed by atoms with van der Waals surface area (Å²) in [6, 6.07) is -4.49. The standard InChI is InChI=1S/C50H86N6O12/c1-15-16-31-67-39(59)26-24-34(52-49(11,12)43(63)37-22-19-29-55(37)32(2)57)41(61)47(7,8)51-28-18-17-21-36(45(65)66)54-48(9,10)42(62)35(25-27-40(60)68-46(4,5)6)53-50(13,14)44(64)38-23-20-30-56(38)33(3)58/h34-38,51-54H,15-31H2,1-14H3,(H,65,66). The number of carboxylic acids is 1. The Bertz CT molecular complexity index is 1800. The summed E-state index contributed by atoms with van der Waals surface area (Å²) < 4.78 is 10.9. The highest BCUT2D eigenvalue weighted by atomic mass is 16.6. The number of unbranched alkanes of at least 4 members (excludes halogenated alkanes) is 2. The summed E-state index contributed by atoms with van der Waals surface area (Å²) in [6.45, 7) is 24.7. The number of carbonyl (C=O) groups excluding carboxylic acids is 8. The van der Waals surface area contributed by atoms with Gasteiger partial charge < -0.3 is 29.7 Å². The minimum Gasteiger partial charge on any atom is -0.480 e. The van der Waals surface area contributed by atoms with Gasteiger partial charge in [0.05, 0.1) is 52.9 Å². The molecule has 0 aliphatic carbocycles. The topological polar surface area (TPSA) is 247 Å². The number of ketones is 4.